The van der Waals surface area contributed by atoms with E-state index in [9.17, 15) is 0 Å². The minimum atomic E-state index is 0.612. The number of hydrogen-bond acceptors (Lipinski definition) is 2. The van der Waals surface area contributed by atoms with Gasteiger partial charge in [0.05, 0.1) is 0 Å². The lowest BCUT2D eigenvalue weighted by Gasteiger charge is -2.07. The summed E-state index contributed by atoms with van der Waals surface area (Å²) in [5.41, 5.74) is 5.24. The second-order valence-electron chi connectivity index (χ2n) is 5.81. The molecule has 0 radical (unpaired) electrons. The quantitative estimate of drug-likeness (QED) is 0.776. The molecule has 0 spiro atoms. The zero-order valence-corrected chi connectivity index (χ0v) is 12.6. The van der Waals surface area contributed by atoms with Crippen molar-refractivity contribution in [1.29, 1.82) is 0 Å². The lowest BCUT2D eigenvalue weighted by molar-refractivity contribution is 0.306. The summed E-state index contributed by atoms with van der Waals surface area (Å²) in [6.07, 6.45) is 2.15. The van der Waals surface area contributed by atoms with Gasteiger partial charge in [-0.3, -0.25) is 0 Å². The highest BCUT2D eigenvalue weighted by Crippen LogP contribution is 2.28. The predicted octanol–water partition coefficient (Wildman–Crippen LogP) is 3.44. The molecule has 1 aliphatic heterocycles. The van der Waals surface area contributed by atoms with Crippen molar-refractivity contribution in [1.82, 2.24) is 10.3 Å². The zero-order chi connectivity index (χ0) is 14.8. The summed E-state index contributed by atoms with van der Waals surface area (Å²) in [7, 11) is 0. The van der Waals surface area contributed by atoms with Crippen LogP contribution in [0.2, 0.25) is 0 Å². The van der Waals surface area contributed by atoms with E-state index in [1.807, 2.05) is 18.2 Å². The number of aromatic amines is 1. The van der Waals surface area contributed by atoms with Crippen LogP contribution in [0.25, 0.3) is 10.9 Å². The smallest absolute Gasteiger partial charge is 0.120 e. The lowest BCUT2D eigenvalue weighted by Crippen LogP contribution is -2.16. The first-order valence-corrected chi connectivity index (χ1v) is 7.91. The van der Waals surface area contributed by atoms with Gasteiger partial charge in [-0.2, -0.15) is 0 Å². The van der Waals surface area contributed by atoms with Gasteiger partial charge in [0.1, 0.15) is 12.4 Å². The second kappa shape index (κ2) is 5.85. The SMILES string of the molecule is c1ccc(COc2ccc3[nH]c4c(c3c2)CCNCC4)cc1. The Hall–Kier alpha value is -2.26. The molecule has 0 fully saturated rings. The van der Waals surface area contributed by atoms with Crippen molar-refractivity contribution in [2.75, 3.05) is 13.1 Å². The number of fused-ring (bicyclic) bond motifs is 3. The molecule has 1 aromatic heterocycles. The molecule has 0 aliphatic carbocycles. The molecule has 0 atom stereocenters. The molecule has 112 valence electrons. The molecular formula is C19H20N2O. The molecule has 1 aliphatic rings. The Morgan fingerprint density at radius 1 is 0.955 bits per heavy atom. The molecule has 0 amide bonds. The third-order valence-corrected chi connectivity index (χ3v) is 4.32. The van der Waals surface area contributed by atoms with Crippen molar-refractivity contribution in [3.05, 3.63) is 65.4 Å². The number of benzene rings is 2. The van der Waals surface area contributed by atoms with Crippen LogP contribution in [-0.4, -0.2) is 18.1 Å². The monoisotopic (exact) mass is 292 g/mol. The number of aromatic nitrogens is 1. The highest BCUT2D eigenvalue weighted by Gasteiger charge is 2.14. The molecule has 3 nitrogen and oxygen atoms in total. The van der Waals surface area contributed by atoms with Gasteiger partial charge < -0.3 is 15.0 Å². The van der Waals surface area contributed by atoms with Gasteiger partial charge in [0.15, 0.2) is 0 Å². The first-order chi connectivity index (χ1) is 10.9. The van der Waals surface area contributed by atoms with E-state index in [4.69, 9.17) is 4.74 Å². The molecule has 2 heterocycles. The molecule has 2 N–H and O–H groups in total. The third kappa shape index (κ3) is 2.60. The van der Waals surface area contributed by atoms with Crippen LogP contribution in [0.4, 0.5) is 0 Å². The van der Waals surface area contributed by atoms with Crippen molar-refractivity contribution >= 4 is 10.9 Å². The molecule has 2 aromatic carbocycles. The Labute approximate surface area is 130 Å². The van der Waals surface area contributed by atoms with Crippen molar-refractivity contribution in [3.63, 3.8) is 0 Å². The number of ether oxygens (including phenoxy) is 1. The highest BCUT2D eigenvalue weighted by atomic mass is 16.5. The average molecular weight is 292 g/mol. The fourth-order valence-corrected chi connectivity index (χ4v) is 3.16. The van der Waals surface area contributed by atoms with Gasteiger partial charge in [-0.05, 0) is 42.3 Å². The van der Waals surface area contributed by atoms with Gasteiger partial charge in [-0.15, -0.1) is 0 Å². The van der Waals surface area contributed by atoms with Crippen molar-refractivity contribution in [2.24, 2.45) is 0 Å². The highest BCUT2D eigenvalue weighted by molar-refractivity contribution is 5.86. The van der Waals surface area contributed by atoms with Gasteiger partial charge in [0, 0.05) is 29.6 Å². The molecule has 0 saturated heterocycles. The van der Waals surface area contributed by atoms with Crippen LogP contribution in [0.5, 0.6) is 5.75 Å². The zero-order valence-electron chi connectivity index (χ0n) is 12.6. The Kier molecular flexibility index (Phi) is 3.57. The van der Waals surface area contributed by atoms with Crippen LogP contribution in [0.3, 0.4) is 0 Å². The number of hydrogen-bond donors (Lipinski definition) is 2. The summed E-state index contributed by atoms with van der Waals surface area (Å²) >= 11 is 0. The van der Waals surface area contributed by atoms with Crippen LogP contribution in [0, 0.1) is 0 Å². The normalized spacial score (nSPS) is 14.5. The largest absolute Gasteiger partial charge is 0.489 e. The van der Waals surface area contributed by atoms with Crippen LogP contribution >= 0.6 is 0 Å². The standard InChI is InChI=1S/C19H20N2O/c1-2-4-14(5-3-1)13-22-15-6-7-18-17(12-15)16-8-10-20-11-9-19(16)21-18/h1-7,12,20-21H,8-11,13H2. The minimum Gasteiger partial charge on any atom is -0.489 e. The second-order valence-corrected chi connectivity index (χ2v) is 5.81. The molecule has 0 saturated carbocycles. The van der Waals surface area contributed by atoms with E-state index < -0.39 is 0 Å². The Balaban J connectivity index is 1.61. The number of rotatable bonds is 3. The van der Waals surface area contributed by atoms with Crippen LogP contribution < -0.4 is 10.1 Å². The van der Waals surface area contributed by atoms with Gasteiger partial charge in [0.2, 0.25) is 0 Å². The van der Waals surface area contributed by atoms with Crippen LogP contribution in [-0.2, 0) is 19.4 Å². The van der Waals surface area contributed by atoms with E-state index in [0.717, 1.165) is 31.7 Å². The first-order valence-electron chi connectivity index (χ1n) is 7.91. The summed E-state index contributed by atoms with van der Waals surface area (Å²) in [6.45, 7) is 2.72. The van der Waals surface area contributed by atoms with Crippen LogP contribution in [0.1, 0.15) is 16.8 Å². The predicted molar refractivity (Wildman–Crippen MR) is 89.4 cm³/mol. The maximum Gasteiger partial charge on any atom is 0.120 e. The first kappa shape index (κ1) is 13.4. The molecule has 3 aromatic rings. The van der Waals surface area contributed by atoms with Gasteiger partial charge in [0.25, 0.3) is 0 Å². The van der Waals surface area contributed by atoms with E-state index in [-0.39, 0.29) is 0 Å². The summed E-state index contributed by atoms with van der Waals surface area (Å²) in [5, 5.41) is 4.76. The Morgan fingerprint density at radius 3 is 2.73 bits per heavy atom. The molecule has 4 rings (SSSR count). The maximum atomic E-state index is 5.96. The lowest BCUT2D eigenvalue weighted by atomic mass is 10.1. The van der Waals surface area contributed by atoms with Crippen molar-refractivity contribution < 1.29 is 4.74 Å². The summed E-state index contributed by atoms with van der Waals surface area (Å²) < 4.78 is 5.96. The number of nitrogens with one attached hydrogen (secondary N) is 2. The van der Waals surface area contributed by atoms with Gasteiger partial charge in [-0.1, -0.05) is 30.3 Å². The van der Waals surface area contributed by atoms with Crippen molar-refractivity contribution in [2.45, 2.75) is 19.4 Å². The van der Waals surface area contributed by atoms with E-state index >= 15 is 0 Å². The van der Waals surface area contributed by atoms with Gasteiger partial charge >= 0.3 is 0 Å². The third-order valence-electron chi connectivity index (χ3n) is 4.32. The Morgan fingerprint density at radius 2 is 1.82 bits per heavy atom. The molecular weight excluding hydrogens is 272 g/mol. The summed E-state index contributed by atoms with van der Waals surface area (Å²) in [6, 6.07) is 16.7. The molecule has 0 bridgehead atoms. The molecule has 3 heteroatoms. The average Bonchev–Trinajstić information content (AvgIpc) is 2.75. The van der Waals surface area contributed by atoms with Gasteiger partial charge in [-0.25, -0.2) is 0 Å². The Bertz CT molecular complexity index is 777. The molecule has 0 unspecified atom stereocenters. The summed E-state index contributed by atoms with van der Waals surface area (Å²) in [5.74, 6) is 0.940. The van der Waals surface area contributed by atoms with E-state index in [0.29, 0.717) is 6.61 Å². The van der Waals surface area contributed by atoms with Crippen LogP contribution in [0.15, 0.2) is 48.5 Å². The minimum absolute atomic E-state index is 0.612. The van der Waals surface area contributed by atoms with E-state index in [2.05, 4.69) is 40.6 Å². The van der Waals surface area contributed by atoms with Crippen molar-refractivity contribution in [3.8, 4) is 5.75 Å². The summed E-state index contributed by atoms with van der Waals surface area (Å²) in [4.78, 5) is 3.56. The number of H-pyrrole nitrogens is 1. The van der Waals surface area contributed by atoms with E-state index in [1.54, 1.807) is 0 Å². The van der Waals surface area contributed by atoms with E-state index in [1.165, 1.54) is 27.7 Å². The molecule has 22 heavy (non-hydrogen) atoms. The maximum absolute atomic E-state index is 5.96. The fourth-order valence-electron chi connectivity index (χ4n) is 3.16. The fraction of sp³-hybridized carbons (Fsp3) is 0.263. The topological polar surface area (TPSA) is 37.0 Å².